The van der Waals surface area contributed by atoms with E-state index < -0.39 is 28.1 Å². The number of hydrogen-bond donors (Lipinski definition) is 1. The summed E-state index contributed by atoms with van der Waals surface area (Å²) in [5.74, 6) is 0.497. The van der Waals surface area contributed by atoms with Crippen LogP contribution in [0.25, 0.3) is 11.6 Å². The number of piperazine rings is 1. The van der Waals surface area contributed by atoms with Crippen molar-refractivity contribution in [1.29, 1.82) is 0 Å². The minimum atomic E-state index is -1.09. The van der Waals surface area contributed by atoms with Gasteiger partial charge in [0.05, 0.1) is 0 Å². The van der Waals surface area contributed by atoms with Gasteiger partial charge in [0.1, 0.15) is 22.4 Å². The van der Waals surface area contributed by atoms with Crippen molar-refractivity contribution in [2.24, 2.45) is 11.3 Å². The van der Waals surface area contributed by atoms with Gasteiger partial charge in [0, 0.05) is 35.3 Å². The molecular formula is C26H28N3O4-. The van der Waals surface area contributed by atoms with Gasteiger partial charge in [-0.05, 0) is 74.5 Å². The molecule has 7 aliphatic rings. The monoisotopic (exact) mass is 446 g/mol. The number of anilines is 1. The fourth-order valence-corrected chi connectivity index (χ4v) is 7.69. The maximum Gasteiger partial charge on any atom is 0.253 e. The second kappa shape index (κ2) is 5.46. The highest BCUT2D eigenvalue weighted by molar-refractivity contribution is 6.09. The van der Waals surface area contributed by atoms with Crippen LogP contribution in [0.15, 0.2) is 24.3 Å². The van der Waals surface area contributed by atoms with E-state index in [1.807, 2.05) is 49.1 Å². The van der Waals surface area contributed by atoms with Crippen molar-refractivity contribution >= 4 is 29.2 Å². The summed E-state index contributed by atoms with van der Waals surface area (Å²) in [4.78, 5) is 29.0. The number of rotatable bonds is 0. The first-order valence-electron chi connectivity index (χ1n) is 11.9. The molecule has 7 nitrogen and oxygen atoms in total. The largest absolute Gasteiger partial charge is 0.758 e. The molecule has 2 spiro atoms. The Bertz CT molecular complexity index is 1230. The van der Waals surface area contributed by atoms with Gasteiger partial charge in [0.15, 0.2) is 0 Å². The summed E-state index contributed by atoms with van der Waals surface area (Å²) in [7, 11) is 0. The van der Waals surface area contributed by atoms with Crippen molar-refractivity contribution in [2.75, 3.05) is 11.6 Å². The minimum absolute atomic E-state index is 0.0105. The molecule has 7 heteroatoms. The fraction of sp³-hybridized carbons (Fsp3) is 0.538. The number of fused-ring (bicyclic) bond motifs is 6. The highest BCUT2D eigenvalue weighted by Crippen LogP contribution is 2.63. The lowest BCUT2D eigenvalue weighted by atomic mass is 9.51. The Morgan fingerprint density at radius 1 is 1.18 bits per heavy atom. The first kappa shape index (κ1) is 19.6. The molecule has 1 aliphatic carbocycles. The molecule has 4 saturated heterocycles. The lowest BCUT2D eigenvalue weighted by Gasteiger charge is -2.65. The van der Waals surface area contributed by atoms with Gasteiger partial charge < -0.3 is 25.2 Å². The van der Waals surface area contributed by atoms with E-state index in [-0.39, 0.29) is 17.7 Å². The number of piperidine rings is 2. The minimum Gasteiger partial charge on any atom is -0.758 e. The summed E-state index contributed by atoms with van der Waals surface area (Å²) in [5, 5.41) is 18.2. The molecule has 8 rings (SSSR count). The first-order valence-corrected chi connectivity index (χ1v) is 11.9. The average molecular weight is 447 g/mol. The predicted octanol–water partition coefficient (Wildman–Crippen LogP) is 3.23. The molecule has 0 radical (unpaired) electrons. The van der Waals surface area contributed by atoms with E-state index in [9.17, 15) is 14.8 Å². The Morgan fingerprint density at radius 2 is 1.97 bits per heavy atom. The number of carbonyl (C=O) groups is 2. The van der Waals surface area contributed by atoms with Crippen molar-refractivity contribution < 1.29 is 14.3 Å². The molecule has 6 heterocycles. The second-order valence-corrected chi connectivity index (χ2v) is 11.7. The number of nitrogens with one attached hydrogen (secondary N) is 1. The normalized spacial score (nSPS) is 38.0. The van der Waals surface area contributed by atoms with Gasteiger partial charge in [-0.1, -0.05) is 13.8 Å². The Hall–Kier alpha value is -2.80. The number of hydroxylamine groups is 1. The third kappa shape index (κ3) is 2.03. The molecule has 1 aromatic carbocycles. The van der Waals surface area contributed by atoms with E-state index in [4.69, 9.17) is 4.74 Å². The molecular weight excluding hydrogens is 418 g/mol. The standard InChI is InChI=1S/C26H28N3O4/c1-23(2)10-8-15-17(33-23)7-6-14-16-12-26-18(24(3,4)20(16)29(32)19(14)15)13-25(21(30)27-26)9-5-11-28(25)22(26)31/h6-8,10,12,18,20H,5,9,11,13H2,1-4H3,(H,27,30)/q-1/t18-,20?,25+,26+/m0/s1. The molecule has 172 valence electrons. The van der Waals surface area contributed by atoms with Gasteiger partial charge in [0.25, 0.3) is 5.91 Å². The van der Waals surface area contributed by atoms with Gasteiger partial charge in [-0.3, -0.25) is 9.59 Å². The van der Waals surface area contributed by atoms with E-state index >= 15 is 0 Å². The van der Waals surface area contributed by atoms with Gasteiger partial charge in [-0.15, -0.1) is 0 Å². The van der Waals surface area contributed by atoms with Crippen LogP contribution in [0.4, 0.5) is 5.69 Å². The summed E-state index contributed by atoms with van der Waals surface area (Å²) < 4.78 is 6.13. The first-order chi connectivity index (χ1) is 15.5. The molecule has 0 saturated carbocycles. The van der Waals surface area contributed by atoms with Crippen LogP contribution < -0.4 is 15.1 Å². The lowest BCUT2D eigenvalue weighted by Crippen LogP contribution is -2.83. The Balaban J connectivity index is 1.46. The van der Waals surface area contributed by atoms with Gasteiger partial charge >= 0.3 is 0 Å². The van der Waals surface area contributed by atoms with E-state index in [1.54, 1.807) is 0 Å². The number of nitrogens with zero attached hydrogens (tertiary/aromatic N) is 2. The zero-order valence-electron chi connectivity index (χ0n) is 19.4. The predicted molar refractivity (Wildman–Crippen MR) is 124 cm³/mol. The van der Waals surface area contributed by atoms with Crippen LogP contribution in [0.5, 0.6) is 5.75 Å². The maximum absolute atomic E-state index is 13.9. The van der Waals surface area contributed by atoms with Crippen LogP contribution in [0.2, 0.25) is 0 Å². The molecule has 4 atom stereocenters. The average Bonchev–Trinajstić information content (AvgIpc) is 3.29. The van der Waals surface area contributed by atoms with Crippen LogP contribution in [0.3, 0.4) is 0 Å². The SMILES string of the molecule is CC1(C)C=Cc2c(ccc3c2N([O-])C2C3=C[C@]34NC(=O)[C@@]5(CCCN5C3=O)C[C@H]4C2(C)C)O1. The molecule has 2 amide bonds. The number of hydrogen-bond acceptors (Lipinski definition) is 5. The van der Waals surface area contributed by atoms with Crippen LogP contribution in [0, 0.1) is 16.5 Å². The quantitative estimate of drug-likeness (QED) is 0.661. The molecule has 4 fully saturated rings. The summed E-state index contributed by atoms with van der Waals surface area (Å²) in [6, 6.07) is 3.43. The summed E-state index contributed by atoms with van der Waals surface area (Å²) >= 11 is 0. The molecule has 6 aliphatic heterocycles. The highest BCUT2D eigenvalue weighted by atomic mass is 16.5. The molecule has 1 aromatic rings. The molecule has 33 heavy (non-hydrogen) atoms. The van der Waals surface area contributed by atoms with E-state index in [2.05, 4.69) is 19.2 Å². The van der Waals surface area contributed by atoms with Crippen LogP contribution in [-0.4, -0.2) is 46.0 Å². The number of ether oxygens (including phenoxy) is 1. The maximum atomic E-state index is 13.9. The third-order valence-electron chi connectivity index (χ3n) is 9.17. The fourth-order valence-electron chi connectivity index (χ4n) is 7.69. The molecule has 0 aromatic heterocycles. The third-order valence-corrected chi connectivity index (χ3v) is 9.17. The summed E-state index contributed by atoms with van der Waals surface area (Å²) in [5.41, 5.74) is 0.239. The molecule has 2 bridgehead atoms. The van der Waals surface area contributed by atoms with Crippen molar-refractivity contribution in [3.8, 4) is 5.75 Å². The van der Waals surface area contributed by atoms with Gasteiger partial charge in [-0.2, -0.15) is 0 Å². The molecule has 1 unspecified atom stereocenters. The topological polar surface area (TPSA) is 84.9 Å². The van der Waals surface area contributed by atoms with Crippen molar-refractivity contribution in [3.63, 3.8) is 0 Å². The number of carbonyl (C=O) groups excluding carboxylic acids is 2. The Morgan fingerprint density at radius 3 is 2.76 bits per heavy atom. The van der Waals surface area contributed by atoms with Crippen molar-refractivity contribution in [3.05, 3.63) is 40.6 Å². The molecule has 1 N–H and O–H groups in total. The van der Waals surface area contributed by atoms with Crippen molar-refractivity contribution in [1.82, 2.24) is 10.2 Å². The highest BCUT2D eigenvalue weighted by Gasteiger charge is 2.73. The van der Waals surface area contributed by atoms with Crippen LogP contribution in [-0.2, 0) is 9.59 Å². The Labute approximate surface area is 193 Å². The van der Waals surface area contributed by atoms with Gasteiger partial charge in [-0.25, -0.2) is 0 Å². The van der Waals surface area contributed by atoms with Crippen LogP contribution >= 0.6 is 0 Å². The summed E-state index contributed by atoms with van der Waals surface area (Å²) in [6.07, 6.45) is 8.02. The van der Waals surface area contributed by atoms with E-state index in [0.29, 0.717) is 30.8 Å². The van der Waals surface area contributed by atoms with Crippen molar-refractivity contribution in [2.45, 2.75) is 69.7 Å². The smallest absolute Gasteiger partial charge is 0.253 e. The Kier molecular flexibility index (Phi) is 3.25. The zero-order valence-corrected chi connectivity index (χ0v) is 19.4. The lowest BCUT2D eigenvalue weighted by molar-refractivity contribution is -0.177. The number of amides is 2. The summed E-state index contributed by atoms with van der Waals surface area (Å²) in [6.45, 7) is 8.78. The second-order valence-electron chi connectivity index (χ2n) is 11.7. The van der Waals surface area contributed by atoms with Gasteiger partial charge in [0.2, 0.25) is 5.91 Å². The number of benzene rings is 1. The zero-order chi connectivity index (χ0) is 23.1. The van der Waals surface area contributed by atoms with E-state index in [0.717, 1.165) is 28.2 Å². The van der Waals surface area contributed by atoms with E-state index in [1.165, 1.54) is 0 Å². The van der Waals surface area contributed by atoms with Crippen LogP contribution in [0.1, 0.15) is 58.1 Å².